The number of benzene rings is 4. The molecule has 9 nitrogen and oxygen atoms in total. The summed E-state index contributed by atoms with van der Waals surface area (Å²) >= 11 is 12.5. The van der Waals surface area contributed by atoms with Gasteiger partial charge in [-0.1, -0.05) is 66.2 Å². The Morgan fingerprint density at radius 1 is 1.02 bits per heavy atom. The van der Waals surface area contributed by atoms with Crippen LogP contribution in [0.25, 0.3) is 10.8 Å². The molecule has 0 spiro atoms. The molecule has 4 aromatic carbocycles. The molecule has 0 aliphatic rings. The molecule has 0 radical (unpaired) electrons. The van der Waals surface area contributed by atoms with E-state index in [0.717, 1.165) is 0 Å². The quantitative estimate of drug-likeness (QED) is 0.175. The van der Waals surface area contributed by atoms with Crippen LogP contribution in [0.15, 0.2) is 75.8 Å². The molecule has 0 saturated heterocycles. The van der Waals surface area contributed by atoms with Gasteiger partial charge in [-0.2, -0.15) is 13.5 Å². The SMILES string of the molecule is CCOc1ccc(Cl)c(NC(=O)c2cc3ccccc3c(N=Nc3c(CC)ccc(S(=O)(=O)O)c3Cl)c2[O-])c1.[Na+]. The van der Waals surface area contributed by atoms with E-state index in [4.69, 9.17) is 27.9 Å². The number of hydrogen-bond donors (Lipinski definition) is 2. The van der Waals surface area contributed by atoms with Gasteiger partial charge in [0, 0.05) is 17.0 Å². The van der Waals surface area contributed by atoms with Crippen LogP contribution in [-0.2, 0) is 16.5 Å². The summed E-state index contributed by atoms with van der Waals surface area (Å²) in [5.41, 5.74) is 0.402. The summed E-state index contributed by atoms with van der Waals surface area (Å²) in [6.07, 6.45) is 0.412. The van der Waals surface area contributed by atoms with E-state index in [1.807, 2.05) is 6.92 Å². The second kappa shape index (κ2) is 13.3. The smallest absolute Gasteiger partial charge is 0.870 e. The molecule has 0 saturated carbocycles. The molecule has 13 heteroatoms. The van der Waals surface area contributed by atoms with Crippen LogP contribution >= 0.6 is 23.2 Å². The molecule has 0 fully saturated rings. The number of rotatable bonds is 8. The van der Waals surface area contributed by atoms with Crippen molar-refractivity contribution < 1.29 is 57.2 Å². The number of halogens is 2. The Labute approximate surface area is 263 Å². The van der Waals surface area contributed by atoms with E-state index in [0.29, 0.717) is 35.1 Å². The van der Waals surface area contributed by atoms with Crippen LogP contribution in [-0.4, -0.2) is 25.5 Å². The molecule has 202 valence electrons. The van der Waals surface area contributed by atoms with E-state index in [-0.39, 0.29) is 62.2 Å². The Balaban J connectivity index is 0.00000441. The van der Waals surface area contributed by atoms with Gasteiger partial charge in [0.05, 0.1) is 28.0 Å². The van der Waals surface area contributed by atoms with E-state index < -0.39 is 26.7 Å². The Kier molecular flexibility index (Phi) is 10.6. The standard InChI is InChI=1S/C27H23Cl2N3O6S.Na/c1-3-15-9-12-22(39(35,36)37)23(29)24(15)31-32-25-18-8-6-5-7-16(18)13-19(26(25)33)27(34)30-21-14-17(38-4-2)10-11-20(21)28;/h5-14,33H,3-4H2,1-2H3,(H,30,34)(H,35,36,37);/q;+1/p-1. The number of hydrogen-bond acceptors (Lipinski definition) is 7. The molecule has 0 aromatic heterocycles. The van der Waals surface area contributed by atoms with Gasteiger partial charge in [-0.3, -0.25) is 9.35 Å². The Hall–Kier alpha value is -2.70. The average Bonchev–Trinajstić information content (AvgIpc) is 2.89. The third-order valence-electron chi connectivity index (χ3n) is 5.79. The number of carbonyl (C=O) groups excluding carboxylic acids is 1. The normalized spacial score (nSPS) is 11.4. The summed E-state index contributed by atoms with van der Waals surface area (Å²) in [4.78, 5) is 12.7. The maximum atomic E-state index is 13.5. The predicted octanol–water partition coefficient (Wildman–Crippen LogP) is 4.10. The van der Waals surface area contributed by atoms with Crippen molar-refractivity contribution in [3.63, 3.8) is 0 Å². The summed E-state index contributed by atoms with van der Waals surface area (Å²) in [5, 5.41) is 25.3. The van der Waals surface area contributed by atoms with Crippen molar-refractivity contribution in [2.75, 3.05) is 11.9 Å². The van der Waals surface area contributed by atoms with Crippen molar-refractivity contribution >= 4 is 67.1 Å². The molecule has 0 unspecified atom stereocenters. The zero-order chi connectivity index (χ0) is 28.3. The van der Waals surface area contributed by atoms with E-state index in [1.54, 1.807) is 49.4 Å². The number of carbonyl (C=O) groups is 1. The van der Waals surface area contributed by atoms with Gasteiger partial charge in [-0.05, 0) is 48.6 Å². The van der Waals surface area contributed by atoms with Crippen molar-refractivity contribution in [1.29, 1.82) is 0 Å². The fourth-order valence-corrected chi connectivity index (χ4v) is 5.14. The topological polar surface area (TPSA) is 140 Å². The van der Waals surface area contributed by atoms with Gasteiger partial charge in [-0.25, -0.2) is 0 Å². The zero-order valence-corrected chi connectivity index (χ0v) is 26.1. The molecule has 1 amide bonds. The van der Waals surface area contributed by atoms with Crippen LogP contribution in [0.2, 0.25) is 10.0 Å². The molecule has 0 heterocycles. The zero-order valence-electron chi connectivity index (χ0n) is 21.7. The summed E-state index contributed by atoms with van der Waals surface area (Å²) < 4.78 is 38.5. The third-order valence-corrected chi connectivity index (χ3v) is 7.51. The molecule has 0 aliphatic heterocycles. The van der Waals surface area contributed by atoms with Crippen molar-refractivity contribution in [2.45, 2.75) is 25.2 Å². The molecule has 0 atom stereocenters. The second-order valence-corrected chi connectivity index (χ2v) is 10.4. The fourth-order valence-electron chi connectivity index (χ4n) is 3.90. The fraction of sp³-hybridized carbons (Fsp3) is 0.148. The number of anilines is 1. The van der Waals surface area contributed by atoms with Crippen molar-refractivity contribution in [1.82, 2.24) is 0 Å². The molecule has 0 bridgehead atoms. The second-order valence-electron chi connectivity index (χ2n) is 8.27. The van der Waals surface area contributed by atoms with Crippen LogP contribution in [0.3, 0.4) is 0 Å². The first-order chi connectivity index (χ1) is 18.5. The molecule has 40 heavy (non-hydrogen) atoms. The monoisotopic (exact) mass is 609 g/mol. The van der Waals surface area contributed by atoms with Crippen LogP contribution in [0.1, 0.15) is 29.8 Å². The Bertz CT molecular complexity index is 1730. The van der Waals surface area contributed by atoms with Gasteiger partial charge < -0.3 is 15.2 Å². The third kappa shape index (κ3) is 6.77. The van der Waals surface area contributed by atoms with Gasteiger partial charge in [0.25, 0.3) is 16.0 Å². The van der Waals surface area contributed by atoms with Crippen LogP contribution in [0, 0.1) is 0 Å². The van der Waals surface area contributed by atoms with E-state index >= 15 is 0 Å². The number of aryl methyl sites for hydroxylation is 1. The number of fused-ring (bicyclic) bond motifs is 1. The summed E-state index contributed by atoms with van der Waals surface area (Å²) in [6, 6.07) is 15.6. The molecule has 4 aromatic rings. The molecule has 2 N–H and O–H groups in total. The molecule has 0 aliphatic carbocycles. The first kappa shape index (κ1) is 31.8. The van der Waals surface area contributed by atoms with Gasteiger partial charge in [0.2, 0.25) is 0 Å². The molecular formula is C27H22Cl2N3NaO6S. The van der Waals surface area contributed by atoms with Crippen LogP contribution in [0.5, 0.6) is 11.5 Å². The van der Waals surface area contributed by atoms with Crippen molar-refractivity contribution in [2.24, 2.45) is 10.2 Å². The van der Waals surface area contributed by atoms with Gasteiger partial charge in [-0.15, -0.1) is 5.11 Å². The predicted molar refractivity (Wildman–Crippen MR) is 149 cm³/mol. The van der Waals surface area contributed by atoms with Gasteiger partial charge in [0.1, 0.15) is 16.3 Å². The van der Waals surface area contributed by atoms with Crippen LogP contribution < -0.4 is 44.7 Å². The van der Waals surface area contributed by atoms with Crippen LogP contribution in [0.4, 0.5) is 17.1 Å². The minimum absolute atomic E-state index is 0. The average molecular weight is 610 g/mol. The number of amides is 1. The minimum Gasteiger partial charge on any atom is -0.870 e. The minimum atomic E-state index is -4.63. The first-order valence-electron chi connectivity index (χ1n) is 11.7. The first-order valence-corrected chi connectivity index (χ1v) is 13.9. The summed E-state index contributed by atoms with van der Waals surface area (Å²) in [6.45, 7) is 4.02. The van der Waals surface area contributed by atoms with Gasteiger partial charge in [0.15, 0.2) is 0 Å². The summed E-state index contributed by atoms with van der Waals surface area (Å²) in [5.74, 6) is -0.950. The van der Waals surface area contributed by atoms with Gasteiger partial charge >= 0.3 is 29.6 Å². The van der Waals surface area contributed by atoms with Crippen molar-refractivity contribution in [3.05, 3.63) is 81.8 Å². The molecule has 4 rings (SSSR count). The maximum Gasteiger partial charge on any atom is 1.00 e. The van der Waals surface area contributed by atoms with E-state index in [9.17, 15) is 22.9 Å². The van der Waals surface area contributed by atoms with Crippen molar-refractivity contribution in [3.8, 4) is 11.5 Å². The number of nitrogens with one attached hydrogen (secondary N) is 1. The summed E-state index contributed by atoms with van der Waals surface area (Å²) in [7, 11) is -4.63. The number of azo groups is 1. The number of ether oxygens (including phenoxy) is 1. The van der Waals surface area contributed by atoms with E-state index in [1.165, 1.54) is 18.2 Å². The maximum absolute atomic E-state index is 13.5. The molecular weight excluding hydrogens is 588 g/mol. The Morgan fingerprint density at radius 3 is 2.40 bits per heavy atom. The van der Waals surface area contributed by atoms with E-state index in [2.05, 4.69) is 15.5 Å². The largest absolute Gasteiger partial charge is 1.00 e. The Morgan fingerprint density at radius 2 is 1.73 bits per heavy atom. The number of nitrogens with zero attached hydrogens (tertiary/aromatic N) is 2.